The number of carboxylic acids is 1. The Morgan fingerprint density at radius 3 is 2.26 bits per heavy atom. The van der Waals surface area contributed by atoms with Gasteiger partial charge < -0.3 is 15.2 Å². The second-order valence-corrected chi connectivity index (χ2v) is 6.94. The van der Waals surface area contributed by atoms with Crippen molar-refractivity contribution in [2.75, 3.05) is 13.1 Å². The number of rotatable bonds is 8. The molecule has 0 radical (unpaired) electrons. The van der Waals surface area contributed by atoms with E-state index in [9.17, 15) is 14.7 Å². The normalized spacial score (nSPS) is 25.1. The molecule has 1 heterocycles. The highest BCUT2D eigenvalue weighted by atomic mass is 16.5. The van der Waals surface area contributed by atoms with Crippen LogP contribution in [0.25, 0.3) is 0 Å². The van der Waals surface area contributed by atoms with Crippen LogP contribution in [0.5, 0.6) is 0 Å². The Bertz CT molecular complexity index is 390. The van der Waals surface area contributed by atoms with Crippen LogP contribution >= 0.6 is 0 Å². The first-order valence-corrected chi connectivity index (χ1v) is 8.68. The standard InChI is InChI=1S/C17H32N2O4/c1-6-7-8-14(17(21)22)18-16(20)15(11(2)3)19-9-12(4)23-13(5)10-19/h11-15H,6-10H2,1-5H3,(H,18,20)(H,21,22)/t12?,13?,14-,15?/m0/s1. The molecule has 1 amide bonds. The maximum Gasteiger partial charge on any atom is 0.326 e. The summed E-state index contributed by atoms with van der Waals surface area (Å²) in [5.41, 5.74) is 0. The summed E-state index contributed by atoms with van der Waals surface area (Å²) in [5, 5.41) is 12.1. The molecule has 0 spiro atoms. The van der Waals surface area contributed by atoms with E-state index in [1.54, 1.807) is 0 Å². The summed E-state index contributed by atoms with van der Waals surface area (Å²) in [5.74, 6) is -1.05. The number of ether oxygens (including phenoxy) is 1. The number of hydrogen-bond acceptors (Lipinski definition) is 4. The second kappa shape index (κ2) is 9.23. The first-order valence-electron chi connectivity index (χ1n) is 8.68. The number of amides is 1. The molecule has 1 aliphatic heterocycles. The zero-order valence-electron chi connectivity index (χ0n) is 15.0. The first-order chi connectivity index (χ1) is 10.8. The molecule has 4 atom stereocenters. The lowest BCUT2D eigenvalue weighted by atomic mass is 9.98. The molecule has 134 valence electrons. The number of carboxylic acid groups (broad SMARTS) is 1. The molecular formula is C17H32N2O4. The van der Waals surface area contributed by atoms with E-state index >= 15 is 0 Å². The van der Waals surface area contributed by atoms with Gasteiger partial charge in [-0.2, -0.15) is 0 Å². The molecule has 1 rings (SSSR count). The van der Waals surface area contributed by atoms with E-state index in [1.165, 1.54) is 0 Å². The summed E-state index contributed by atoms with van der Waals surface area (Å²) >= 11 is 0. The molecule has 0 aromatic rings. The zero-order valence-corrected chi connectivity index (χ0v) is 15.0. The Hall–Kier alpha value is -1.14. The predicted octanol–water partition coefficient (Wildman–Crippen LogP) is 1.88. The monoisotopic (exact) mass is 328 g/mol. The molecule has 0 saturated carbocycles. The van der Waals surface area contributed by atoms with E-state index in [4.69, 9.17) is 4.74 Å². The van der Waals surface area contributed by atoms with Gasteiger partial charge in [0.05, 0.1) is 18.2 Å². The molecular weight excluding hydrogens is 296 g/mol. The molecule has 1 fully saturated rings. The first kappa shape index (κ1) is 19.9. The molecule has 2 N–H and O–H groups in total. The van der Waals surface area contributed by atoms with Gasteiger partial charge >= 0.3 is 5.97 Å². The lowest BCUT2D eigenvalue weighted by Gasteiger charge is -2.41. The van der Waals surface area contributed by atoms with Crippen LogP contribution < -0.4 is 5.32 Å². The van der Waals surface area contributed by atoms with Crippen LogP contribution in [0.15, 0.2) is 0 Å². The van der Waals surface area contributed by atoms with Crippen molar-refractivity contribution in [1.82, 2.24) is 10.2 Å². The highest BCUT2D eigenvalue weighted by molar-refractivity contribution is 5.87. The molecule has 23 heavy (non-hydrogen) atoms. The molecule has 6 heteroatoms. The summed E-state index contributed by atoms with van der Waals surface area (Å²) in [6, 6.07) is -1.13. The van der Waals surface area contributed by atoms with E-state index in [-0.39, 0.29) is 30.1 Å². The number of carbonyl (C=O) groups excluding carboxylic acids is 1. The predicted molar refractivity (Wildman–Crippen MR) is 89.3 cm³/mol. The molecule has 0 aromatic carbocycles. The Kier molecular flexibility index (Phi) is 7.99. The highest BCUT2D eigenvalue weighted by Crippen LogP contribution is 2.19. The van der Waals surface area contributed by atoms with Crippen molar-refractivity contribution in [3.8, 4) is 0 Å². The van der Waals surface area contributed by atoms with Crippen LogP contribution in [0.4, 0.5) is 0 Å². The lowest BCUT2D eigenvalue weighted by Crippen LogP contribution is -2.58. The average molecular weight is 328 g/mol. The summed E-state index contributed by atoms with van der Waals surface area (Å²) in [6.45, 7) is 11.4. The van der Waals surface area contributed by atoms with Gasteiger partial charge in [-0.05, 0) is 26.2 Å². The second-order valence-electron chi connectivity index (χ2n) is 6.94. The third-order valence-electron chi connectivity index (χ3n) is 4.20. The minimum Gasteiger partial charge on any atom is -0.480 e. The van der Waals surface area contributed by atoms with Gasteiger partial charge in [0.2, 0.25) is 5.91 Å². The van der Waals surface area contributed by atoms with Gasteiger partial charge in [-0.15, -0.1) is 0 Å². The number of morpholine rings is 1. The van der Waals surface area contributed by atoms with E-state index in [2.05, 4.69) is 10.2 Å². The van der Waals surface area contributed by atoms with E-state index < -0.39 is 12.0 Å². The van der Waals surface area contributed by atoms with Crippen molar-refractivity contribution in [2.45, 2.75) is 78.2 Å². The van der Waals surface area contributed by atoms with Crippen molar-refractivity contribution in [2.24, 2.45) is 5.92 Å². The topological polar surface area (TPSA) is 78.9 Å². The van der Waals surface area contributed by atoms with Gasteiger partial charge in [0.15, 0.2) is 0 Å². The minimum absolute atomic E-state index is 0.0724. The fourth-order valence-corrected chi connectivity index (χ4v) is 3.26. The van der Waals surface area contributed by atoms with Crippen molar-refractivity contribution >= 4 is 11.9 Å². The number of carbonyl (C=O) groups is 2. The average Bonchev–Trinajstić information content (AvgIpc) is 2.41. The van der Waals surface area contributed by atoms with Crippen molar-refractivity contribution in [1.29, 1.82) is 0 Å². The highest BCUT2D eigenvalue weighted by Gasteiger charge is 2.35. The third kappa shape index (κ3) is 6.11. The van der Waals surface area contributed by atoms with Crippen LogP contribution in [0, 0.1) is 5.92 Å². The quantitative estimate of drug-likeness (QED) is 0.711. The molecule has 0 aliphatic carbocycles. The fraction of sp³-hybridized carbons (Fsp3) is 0.882. The molecule has 0 aromatic heterocycles. The van der Waals surface area contributed by atoms with Crippen LogP contribution in [0.3, 0.4) is 0 Å². The number of nitrogens with zero attached hydrogens (tertiary/aromatic N) is 1. The molecule has 0 bridgehead atoms. The van der Waals surface area contributed by atoms with Crippen LogP contribution in [0.1, 0.15) is 53.9 Å². The molecule has 3 unspecified atom stereocenters. The third-order valence-corrected chi connectivity index (χ3v) is 4.20. The SMILES string of the molecule is CCCC[C@H](NC(=O)C(C(C)C)N1CC(C)OC(C)C1)C(=O)O. The number of unbranched alkanes of at least 4 members (excludes halogenated alkanes) is 1. The van der Waals surface area contributed by atoms with Crippen molar-refractivity contribution in [3.63, 3.8) is 0 Å². The van der Waals surface area contributed by atoms with Gasteiger partial charge in [-0.25, -0.2) is 4.79 Å². The Balaban J connectivity index is 2.79. The van der Waals surface area contributed by atoms with Crippen LogP contribution in [-0.2, 0) is 14.3 Å². The van der Waals surface area contributed by atoms with Gasteiger partial charge in [0.1, 0.15) is 6.04 Å². The maximum atomic E-state index is 12.7. The Morgan fingerprint density at radius 2 is 1.83 bits per heavy atom. The maximum absolute atomic E-state index is 12.7. The summed E-state index contributed by atoms with van der Waals surface area (Å²) in [7, 11) is 0. The van der Waals surface area contributed by atoms with E-state index in [1.807, 2.05) is 34.6 Å². The van der Waals surface area contributed by atoms with Gasteiger partial charge in [0.25, 0.3) is 0 Å². The lowest BCUT2D eigenvalue weighted by molar-refractivity contribution is -0.145. The van der Waals surface area contributed by atoms with E-state index in [0.717, 1.165) is 12.8 Å². The number of nitrogens with one attached hydrogen (secondary N) is 1. The fourth-order valence-electron chi connectivity index (χ4n) is 3.26. The van der Waals surface area contributed by atoms with Crippen LogP contribution in [0.2, 0.25) is 0 Å². The smallest absolute Gasteiger partial charge is 0.326 e. The van der Waals surface area contributed by atoms with Gasteiger partial charge in [-0.1, -0.05) is 33.6 Å². The summed E-state index contributed by atoms with van der Waals surface area (Å²) < 4.78 is 5.73. The number of aliphatic carboxylic acids is 1. The van der Waals surface area contributed by atoms with Crippen LogP contribution in [-0.4, -0.2) is 59.3 Å². The minimum atomic E-state index is -0.960. The van der Waals surface area contributed by atoms with Crippen molar-refractivity contribution in [3.05, 3.63) is 0 Å². The number of hydrogen-bond donors (Lipinski definition) is 2. The molecule has 1 saturated heterocycles. The van der Waals surface area contributed by atoms with Gasteiger partial charge in [0, 0.05) is 13.1 Å². The van der Waals surface area contributed by atoms with Crippen molar-refractivity contribution < 1.29 is 19.4 Å². The largest absolute Gasteiger partial charge is 0.480 e. The Morgan fingerprint density at radius 1 is 1.26 bits per heavy atom. The zero-order chi connectivity index (χ0) is 17.6. The van der Waals surface area contributed by atoms with Gasteiger partial charge in [-0.3, -0.25) is 9.69 Å². The van der Waals surface area contributed by atoms with E-state index in [0.29, 0.717) is 19.5 Å². The summed E-state index contributed by atoms with van der Waals surface area (Å²) in [6.07, 6.45) is 2.31. The molecule has 6 nitrogen and oxygen atoms in total. The summed E-state index contributed by atoms with van der Waals surface area (Å²) in [4.78, 5) is 26.2. The molecule has 1 aliphatic rings. The Labute approximate surface area is 139 Å².